The number of carbonyl (C=O) groups excluding carboxylic acids is 1. The highest BCUT2D eigenvalue weighted by Crippen LogP contribution is 2.27. The summed E-state index contributed by atoms with van der Waals surface area (Å²) in [6.45, 7) is 0. The molecule has 6 heteroatoms. The number of nitrogens with one attached hydrogen (secondary N) is 1. The number of methoxy groups -OCH3 is 1. The van der Waals surface area contributed by atoms with Gasteiger partial charge in [-0.05, 0) is 31.0 Å². The summed E-state index contributed by atoms with van der Waals surface area (Å²) >= 11 is 6.00. The highest BCUT2D eigenvalue weighted by molar-refractivity contribution is 6.32. The highest BCUT2D eigenvalue weighted by atomic mass is 35.5. The third-order valence-corrected chi connectivity index (χ3v) is 4.11. The van der Waals surface area contributed by atoms with E-state index in [1.807, 2.05) is 0 Å². The van der Waals surface area contributed by atoms with Gasteiger partial charge >= 0.3 is 5.97 Å². The van der Waals surface area contributed by atoms with Gasteiger partial charge in [0.1, 0.15) is 5.75 Å². The molecule has 5 nitrogen and oxygen atoms in total. The molecule has 0 aromatic heterocycles. The Labute approximate surface area is 128 Å². The van der Waals surface area contributed by atoms with Gasteiger partial charge < -0.3 is 15.2 Å². The summed E-state index contributed by atoms with van der Waals surface area (Å²) in [5, 5.41) is 12.4. The van der Waals surface area contributed by atoms with Gasteiger partial charge in [-0.3, -0.25) is 9.59 Å². The lowest BCUT2D eigenvalue weighted by atomic mass is 9.84. The van der Waals surface area contributed by atoms with Crippen molar-refractivity contribution >= 4 is 23.5 Å². The van der Waals surface area contributed by atoms with Gasteiger partial charge in [-0.2, -0.15) is 0 Å². The second kappa shape index (κ2) is 6.80. The maximum atomic E-state index is 12.2. The van der Waals surface area contributed by atoms with E-state index in [9.17, 15) is 14.7 Å². The van der Waals surface area contributed by atoms with E-state index >= 15 is 0 Å². The Morgan fingerprint density at radius 3 is 2.67 bits per heavy atom. The third kappa shape index (κ3) is 3.67. The van der Waals surface area contributed by atoms with Crippen molar-refractivity contribution in [2.24, 2.45) is 5.92 Å². The number of ether oxygens (including phenoxy) is 1. The van der Waals surface area contributed by atoms with E-state index in [1.165, 1.54) is 13.2 Å². The second-order valence-electron chi connectivity index (χ2n) is 5.16. The Bertz CT molecular complexity index is 546. The van der Waals surface area contributed by atoms with E-state index < -0.39 is 11.9 Å². The summed E-state index contributed by atoms with van der Waals surface area (Å²) in [6, 6.07) is 4.42. The van der Waals surface area contributed by atoms with Gasteiger partial charge in [0.15, 0.2) is 0 Å². The summed E-state index contributed by atoms with van der Waals surface area (Å²) in [7, 11) is 1.50. The lowest BCUT2D eigenvalue weighted by molar-refractivity contribution is -0.143. The number of rotatable bonds is 4. The van der Waals surface area contributed by atoms with Gasteiger partial charge in [-0.1, -0.05) is 24.4 Å². The third-order valence-electron chi connectivity index (χ3n) is 3.81. The molecule has 1 amide bonds. The van der Waals surface area contributed by atoms with E-state index in [0.717, 1.165) is 12.8 Å². The van der Waals surface area contributed by atoms with Crippen molar-refractivity contribution in [2.45, 2.75) is 31.7 Å². The SMILES string of the molecule is COc1ccc(C(=O)NC2CCCCC2C(=O)O)cc1Cl. The fourth-order valence-electron chi connectivity index (χ4n) is 2.66. The predicted molar refractivity (Wildman–Crippen MR) is 78.9 cm³/mol. The van der Waals surface area contributed by atoms with Gasteiger partial charge in [0.25, 0.3) is 5.91 Å². The summed E-state index contributed by atoms with van der Waals surface area (Å²) in [5.74, 6) is -1.18. The van der Waals surface area contributed by atoms with Crippen LogP contribution in [0.4, 0.5) is 0 Å². The molecule has 1 aromatic rings. The quantitative estimate of drug-likeness (QED) is 0.896. The first-order valence-corrected chi connectivity index (χ1v) is 7.28. The average Bonchev–Trinajstić information content (AvgIpc) is 2.47. The van der Waals surface area contributed by atoms with Crippen LogP contribution in [0.15, 0.2) is 18.2 Å². The van der Waals surface area contributed by atoms with Gasteiger partial charge in [0, 0.05) is 11.6 Å². The zero-order valence-corrected chi connectivity index (χ0v) is 12.5. The molecule has 1 aliphatic rings. The van der Waals surface area contributed by atoms with E-state index in [-0.39, 0.29) is 11.9 Å². The van der Waals surface area contributed by atoms with Gasteiger partial charge in [0.05, 0.1) is 18.1 Å². The number of hydrogen-bond donors (Lipinski definition) is 2. The first-order valence-electron chi connectivity index (χ1n) is 6.90. The maximum absolute atomic E-state index is 12.2. The van der Waals surface area contributed by atoms with Gasteiger partial charge in [0.2, 0.25) is 0 Å². The fourth-order valence-corrected chi connectivity index (χ4v) is 2.92. The summed E-state index contributed by atoms with van der Waals surface area (Å²) < 4.78 is 5.04. The smallest absolute Gasteiger partial charge is 0.308 e. The van der Waals surface area contributed by atoms with Crippen molar-refractivity contribution in [1.29, 1.82) is 0 Å². The predicted octanol–water partition coefficient (Wildman–Crippen LogP) is 2.72. The van der Waals surface area contributed by atoms with Crippen LogP contribution in [-0.2, 0) is 4.79 Å². The maximum Gasteiger partial charge on any atom is 0.308 e. The Balaban J connectivity index is 2.09. The molecule has 0 bridgehead atoms. The number of halogens is 1. The Morgan fingerprint density at radius 2 is 2.05 bits per heavy atom. The minimum atomic E-state index is -0.854. The first-order chi connectivity index (χ1) is 10.0. The van der Waals surface area contributed by atoms with Crippen LogP contribution < -0.4 is 10.1 Å². The monoisotopic (exact) mass is 311 g/mol. The molecule has 1 aromatic carbocycles. The van der Waals surface area contributed by atoms with Crippen LogP contribution >= 0.6 is 11.6 Å². The van der Waals surface area contributed by atoms with Crippen molar-refractivity contribution in [3.8, 4) is 5.75 Å². The number of aliphatic carboxylic acids is 1. The molecule has 1 aliphatic carbocycles. The van der Waals surface area contributed by atoms with Crippen LogP contribution in [0, 0.1) is 5.92 Å². The number of hydrogen-bond acceptors (Lipinski definition) is 3. The van der Waals surface area contributed by atoms with Crippen LogP contribution in [0.5, 0.6) is 5.75 Å². The molecule has 1 fully saturated rings. The average molecular weight is 312 g/mol. The Morgan fingerprint density at radius 1 is 1.33 bits per heavy atom. The normalized spacial score (nSPS) is 21.6. The summed E-state index contributed by atoms with van der Waals surface area (Å²) in [6.07, 6.45) is 3.10. The molecule has 1 saturated carbocycles. The van der Waals surface area contributed by atoms with E-state index in [1.54, 1.807) is 12.1 Å². The standard InChI is InChI=1S/C15H18ClNO4/c1-21-13-7-6-9(8-11(13)16)14(18)17-12-5-3-2-4-10(12)15(19)20/h6-8,10,12H,2-5H2,1H3,(H,17,18)(H,19,20). The van der Waals surface area contributed by atoms with Crippen molar-refractivity contribution in [2.75, 3.05) is 7.11 Å². The largest absolute Gasteiger partial charge is 0.495 e. The van der Waals surface area contributed by atoms with E-state index in [0.29, 0.717) is 29.2 Å². The van der Waals surface area contributed by atoms with Crippen molar-refractivity contribution in [1.82, 2.24) is 5.32 Å². The molecule has 21 heavy (non-hydrogen) atoms. The van der Waals surface area contributed by atoms with Gasteiger partial charge in [-0.15, -0.1) is 0 Å². The Hall–Kier alpha value is -1.75. The van der Waals surface area contributed by atoms with Crippen LogP contribution in [0.1, 0.15) is 36.0 Å². The second-order valence-corrected chi connectivity index (χ2v) is 5.57. The molecule has 0 saturated heterocycles. The molecular formula is C15H18ClNO4. The number of carboxylic acid groups (broad SMARTS) is 1. The van der Waals surface area contributed by atoms with Crippen LogP contribution in [-0.4, -0.2) is 30.1 Å². The van der Waals surface area contributed by atoms with E-state index in [4.69, 9.17) is 16.3 Å². The fraction of sp³-hybridized carbons (Fsp3) is 0.467. The van der Waals surface area contributed by atoms with Crippen molar-refractivity contribution < 1.29 is 19.4 Å². The molecule has 0 spiro atoms. The highest BCUT2D eigenvalue weighted by Gasteiger charge is 2.32. The first kappa shape index (κ1) is 15.6. The topological polar surface area (TPSA) is 75.6 Å². The van der Waals surface area contributed by atoms with Crippen LogP contribution in [0.3, 0.4) is 0 Å². The molecule has 2 rings (SSSR count). The van der Waals surface area contributed by atoms with Gasteiger partial charge in [-0.25, -0.2) is 0 Å². The minimum Gasteiger partial charge on any atom is -0.495 e. The van der Waals surface area contributed by atoms with Crippen LogP contribution in [0.2, 0.25) is 5.02 Å². The van der Waals surface area contributed by atoms with Crippen LogP contribution in [0.25, 0.3) is 0 Å². The molecule has 2 unspecified atom stereocenters. The Kier molecular flexibility index (Phi) is 5.07. The molecule has 114 valence electrons. The lowest BCUT2D eigenvalue weighted by Crippen LogP contribution is -2.45. The number of benzene rings is 1. The minimum absolute atomic E-state index is 0.308. The lowest BCUT2D eigenvalue weighted by Gasteiger charge is -2.29. The zero-order chi connectivity index (χ0) is 15.4. The van der Waals surface area contributed by atoms with Crippen molar-refractivity contribution in [3.05, 3.63) is 28.8 Å². The summed E-state index contributed by atoms with van der Waals surface area (Å²) in [5.41, 5.74) is 0.399. The number of amides is 1. The molecule has 0 heterocycles. The molecular weight excluding hydrogens is 294 g/mol. The zero-order valence-electron chi connectivity index (χ0n) is 11.8. The number of carbonyl (C=O) groups is 2. The molecule has 2 N–H and O–H groups in total. The number of carboxylic acids is 1. The molecule has 0 radical (unpaired) electrons. The molecule has 2 atom stereocenters. The summed E-state index contributed by atoms with van der Waals surface area (Å²) in [4.78, 5) is 23.5. The molecule has 0 aliphatic heterocycles. The van der Waals surface area contributed by atoms with Crippen molar-refractivity contribution in [3.63, 3.8) is 0 Å². The van der Waals surface area contributed by atoms with E-state index in [2.05, 4.69) is 5.32 Å².